The first kappa shape index (κ1) is 16.2. The molecule has 0 saturated heterocycles. The van der Waals surface area contributed by atoms with Gasteiger partial charge in [0.1, 0.15) is 11.6 Å². The predicted octanol–water partition coefficient (Wildman–Crippen LogP) is 4.50. The molecule has 0 aliphatic carbocycles. The zero-order valence-corrected chi connectivity index (χ0v) is 14.5. The standard InChI is InChI=1S/C21H14FN5O/c22-14-6-4-12(5-7-14)20-25-17-9-8-15(10-18(17)26-20)24-21(28)16-3-1-2-13-11-23-27-19(13)16/h1-11H,(H,23,27)(H,24,28)(H,25,26). The van der Waals surface area contributed by atoms with Crippen LogP contribution in [0.15, 0.2) is 66.9 Å². The number of amides is 1. The van der Waals surface area contributed by atoms with Crippen LogP contribution >= 0.6 is 0 Å². The summed E-state index contributed by atoms with van der Waals surface area (Å²) in [4.78, 5) is 20.4. The molecule has 6 nitrogen and oxygen atoms in total. The highest BCUT2D eigenvalue weighted by Crippen LogP contribution is 2.24. The van der Waals surface area contributed by atoms with Gasteiger partial charge in [-0.1, -0.05) is 12.1 Å². The molecule has 28 heavy (non-hydrogen) atoms. The second-order valence-corrected chi connectivity index (χ2v) is 6.42. The molecule has 0 unspecified atom stereocenters. The number of benzene rings is 3. The number of carbonyl (C=O) groups is 1. The van der Waals surface area contributed by atoms with Crippen molar-refractivity contribution in [1.29, 1.82) is 0 Å². The van der Waals surface area contributed by atoms with E-state index in [1.54, 1.807) is 30.5 Å². The second kappa shape index (κ2) is 6.31. The number of rotatable bonds is 3. The number of nitrogens with one attached hydrogen (secondary N) is 3. The fourth-order valence-electron chi connectivity index (χ4n) is 3.19. The van der Waals surface area contributed by atoms with Crippen LogP contribution in [-0.4, -0.2) is 26.1 Å². The first-order valence-corrected chi connectivity index (χ1v) is 8.66. The number of imidazole rings is 1. The van der Waals surface area contributed by atoms with E-state index in [9.17, 15) is 9.18 Å². The summed E-state index contributed by atoms with van der Waals surface area (Å²) in [7, 11) is 0. The van der Waals surface area contributed by atoms with Crippen LogP contribution in [0.2, 0.25) is 0 Å². The number of hydrogen-bond donors (Lipinski definition) is 3. The number of nitrogens with zero attached hydrogens (tertiary/aromatic N) is 2. The smallest absolute Gasteiger partial charge is 0.257 e. The van der Waals surface area contributed by atoms with Gasteiger partial charge in [-0.15, -0.1) is 0 Å². The van der Waals surface area contributed by atoms with Crippen LogP contribution in [0, 0.1) is 5.82 Å². The van der Waals surface area contributed by atoms with Gasteiger partial charge in [0.2, 0.25) is 0 Å². The number of fused-ring (bicyclic) bond motifs is 2. The number of aromatic nitrogens is 4. The maximum Gasteiger partial charge on any atom is 0.257 e. The lowest BCUT2D eigenvalue weighted by Crippen LogP contribution is -2.12. The molecule has 5 rings (SSSR count). The average molecular weight is 371 g/mol. The van der Waals surface area contributed by atoms with Crippen molar-refractivity contribution in [3.63, 3.8) is 0 Å². The molecule has 0 bridgehead atoms. The van der Waals surface area contributed by atoms with Gasteiger partial charge in [0.15, 0.2) is 0 Å². The Morgan fingerprint density at radius 1 is 1.04 bits per heavy atom. The van der Waals surface area contributed by atoms with Gasteiger partial charge in [-0.3, -0.25) is 9.89 Å². The van der Waals surface area contributed by atoms with E-state index in [4.69, 9.17) is 0 Å². The van der Waals surface area contributed by atoms with E-state index in [0.717, 1.165) is 22.0 Å². The van der Waals surface area contributed by atoms with E-state index < -0.39 is 0 Å². The Morgan fingerprint density at radius 3 is 2.75 bits per heavy atom. The summed E-state index contributed by atoms with van der Waals surface area (Å²) in [5.41, 5.74) is 4.18. The van der Waals surface area contributed by atoms with Crippen molar-refractivity contribution in [1.82, 2.24) is 20.2 Å². The summed E-state index contributed by atoms with van der Waals surface area (Å²) in [5.74, 6) is 0.116. The highest BCUT2D eigenvalue weighted by molar-refractivity contribution is 6.12. The van der Waals surface area contributed by atoms with Crippen molar-refractivity contribution < 1.29 is 9.18 Å². The van der Waals surface area contributed by atoms with Crippen molar-refractivity contribution in [3.8, 4) is 11.4 Å². The summed E-state index contributed by atoms with van der Waals surface area (Å²) in [6, 6.07) is 17.0. The van der Waals surface area contributed by atoms with Crippen LogP contribution < -0.4 is 5.32 Å². The molecule has 7 heteroatoms. The monoisotopic (exact) mass is 371 g/mol. The normalized spacial score (nSPS) is 11.2. The lowest BCUT2D eigenvalue weighted by Gasteiger charge is -2.06. The molecule has 0 fully saturated rings. The average Bonchev–Trinajstić information content (AvgIpc) is 3.34. The summed E-state index contributed by atoms with van der Waals surface area (Å²) in [6.45, 7) is 0. The number of H-pyrrole nitrogens is 2. The Hall–Kier alpha value is -4.00. The molecule has 136 valence electrons. The SMILES string of the molecule is O=C(Nc1ccc2nc(-c3ccc(F)cc3)[nH]c2c1)c1cccc2cn[nH]c12. The number of hydrogen-bond acceptors (Lipinski definition) is 3. The maximum absolute atomic E-state index is 13.1. The molecule has 2 aromatic heterocycles. The molecule has 3 N–H and O–H groups in total. The van der Waals surface area contributed by atoms with Crippen molar-refractivity contribution in [2.24, 2.45) is 0 Å². The fraction of sp³-hybridized carbons (Fsp3) is 0. The minimum absolute atomic E-state index is 0.229. The minimum Gasteiger partial charge on any atom is -0.338 e. The van der Waals surface area contributed by atoms with Gasteiger partial charge < -0.3 is 10.3 Å². The van der Waals surface area contributed by atoms with Crippen LogP contribution in [-0.2, 0) is 0 Å². The molecule has 0 saturated carbocycles. The van der Waals surface area contributed by atoms with Crippen LogP contribution in [0.25, 0.3) is 33.3 Å². The zero-order valence-electron chi connectivity index (χ0n) is 14.5. The molecule has 3 aromatic carbocycles. The largest absolute Gasteiger partial charge is 0.338 e. The van der Waals surface area contributed by atoms with Gasteiger partial charge >= 0.3 is 0 Å². The third-order valence-electron chi connectivity index (χ3n) is 4.58. The van der Waals surface area contributed by atoms with Crippen molar-refractivity contribution in [3.05, 3.63) is 78.2 Å². The third kappa shape index (κ3) is 2.79. The molecule has 0 aliphatic heterocycles. The van der Waals surface area contributed by atoms with Crippen LogP contribution in [0.3, 0.4) is 0 Å². The Labute approximate surface area is 158 Å². The first-order chi connectivity index (χ1) is 13.7. The lowest BCUT2D eigenvalue weighted by molar-refractivity contribution is 0.102. The second-order valence-electron chi connectivity index (χ2n) is 6.42. The highest BCUT2D eigenvalue weighted by atomic mass is 19.1. The molecule has 0 spiro atoms. The van der Waals surface area contributed by atoms with Gasteiger partial charge in [0.25, 0.3) is 5.91 Å². The van der Waals surface area contributed by atoms with Gasteiger partial charge in [-0.25, -0.2) is 9.37 Å². The maximum atomic E-state index is 13.1. The number of anilines is 1. The molecule has 0 atom stereocenters. The van der Waals surface area contributed by atoms with Crippen LogP contribution in [0.4, 0.5) is 10.1 Å². The lowest BCUT2D eigenvalue weighted by atomic mass is 10.1. The molecule has 5 aromatic rings. The molecule has 1 amide bonds. The van der Waals surface area contributed by atoms with Crippen molar-refractivity contribution >= 4 is 33.5 Å². The number of aromatic amines is 2. The summed E-state index contributed by atoms with van der Waals surface area (Å²) in [5, 5.41) is 10.6. The van der Waals surface area contributed by atoms with Crippen molar-refractivity contribution in [2.75, 3.05) is 5.32 Å². The molecule has 0 radical (unpaired) electrons. The van der Waals surface area contributed by atoms with Crippen molar-refractivity contribution in [2.45, 2.75) is 0 Å². The summed E-state index contributed by atoms with van der Waals surface area (Å²) in [6.07, 6.45) is 1.68. The Balaban J connectivity index is 1.45. The van der Waals surface area contributed by atoms with E-state index in [0.29, 0.717) is 22.6 Å². The van der Waals surface area contributed by atoms with E-state index in [1.165, 1.54) is 12.1 Å². The van der Waals surface area contributed by atoms with Crippen LogP contribution in [0.1, 0.15) is 10.4 Å². The van der Waals surface area contributed by atoms with E-state index in [2.05, 4.69) is 25.5 Å². The Kier molecular flexibility index (Phi) is 3.65. The zero-order chi connectivity index (χ0) is 19.1. The molecule has 0 aliphatic rings. The number of carbonyl (C=O) groups excluding carboxylic acids is 1. The summed E-state index contributed by atoms with van der Waals surface area (Å²) < 4.78 is 13.1. The summed E-state index contributed by atoms with van der Waals surface area (Å²) >= 11 is 0. The van der Waals surface area contributed by atoms with Crippen LogP contribution in [0.5, 0.6) is 0 Å². The molecular weight excluding hydrogens is 357 g/mol. The van der Waals surface area contributed by atoms with Gasteiger partial charge in [0, 0.05) is 16.6 Å². The van der Waals surface area contributed by atoms with E-state index >= 15 is 0 Å². The Bertz CT molecular complexity index is 1320. The fourth-order valence-corrected chi connectivity index (χ4v) is 3.19. The molecule has 2 heterocycles. The minimum atomic E-state index is -0.294. The first-order valence-electron chi connectivity index (χ1n) is 8.66. The molecular formula is C21H14FN5O. The van der Waals surface area contributed by atoms with E-state index in [1.807, 2.05) is 24.3 Å². The predicted molar refractivity (Wildman–Crippen MR) is 106 cm³/mol. The third-order valence-corrected chi connectivity index (χ3v) is 4.58. The van der Waals surface area contributed by atoms with E-state index in [-0.39, 0.29) is 11.7 Å². The highest BCUT2D eigenvalue weighted by Gasteiger charge is 2.13. The van der Waals surface area contributed by atoms with Gasteiger partial charge in [-0.05, 0) is 48.5 Å². The van der Waals surface area contributed by atoms with Gasteiger partial charge in [-0.2, -0.15) is 5.10 Å². The topological polar surface area (TPSA) is 86.5 Å². The number of halogens is 1. The number of para-hydroxylation sites is 1. The Morgan fingerprint density at radius 2 is 1.89 bits per heavy atom. The van der Waals surface area contributed by atoms with Gasteiger partial charge in [0.05, 0.1) is 28.3 Å². The quantitative estimate of drug-likeness (QED) is 0.436.